The number of para-hydroxylation sites is 1. The van der Waals surface area contributed by atoms with Gasteiger partial charge >= 0.3 is 0 Å². The molecule has 0 saturated carbocycles. The Balaban J connectivity index is 2.08. The summed E-state index contributed by atoms with van der Waals surface area (Å²) in [5.41, 5.74) is 1.00. The van der Waals surface area contributed by atoms with Gasteiger partial charge in [0, 0.05) is 0 Å². The van der Waals surface area contributed by atoms with E-state index in [1.807, 2.05) is 6.07 Å². The molecule has 22 heavy (non-hydrogen) atoms. The molecule has 3 rings (SSSR count). The highest BCUT2D eigenvalue weighted by molar-refractivity contribution is 7.86. The maximum absolute atomic E-state index is 12.6. The monoisotopic (exact) mass is 318 g/mol. The smallest absolute Gasteiger partial charge is 0.265 e. The second-order valence-electron chi connectivity index (χ2n) is 5.03. The lowest BCUT2D eigenvalue weighted by Crippen LogP contribution is -2.39. The van der Waals surface area contributed by atoms with Gasteiger partial charge in [0.15, 0.2) is 12.2 Å². The molecule has 0 spiro atoms. The lowest BCUT2D eigenvalue weighted by Gasteiger charge is -2.31. The van der Waals surface area contributed by atoms with E-state index in [1.54, 1.807) is 48.5 Å². The summed E-state index contributed by atoms with van der Waals surface area (Å²) < 4.78 is 33.9. The molecule has 114 valence electrons. The Labute approximate surface area is 128 Å². The Morgan fingerprint density at radius 1 is 1.00 bits per heavy atom. The van der Waals surface area contributed by atoms with Gasteiger partial charge in [0.05, 0.1) is 11.8 Å². The van der Waals surface area contributed by atoms with Gasteiger partial charge in [-0.25, -0.2) is 0 Å². The molecule has 1 aliphatic rings. The van der Waals surface area contributed by atoms with Crippen LogP contribution in [-0.2, 0) is 14.3 Å². The number of carbonyl (C=O) groups excluding carboxylic acids is 1. The van der Waals surface area contributed by atoms with Crippen molar-refractivity contribution in [3.63, 3.8) is 0 Å². The van der Waals surface area contributed by atoms with Crippen molar-refractivity contribution in [1.29, 1.82) is 0 Å². The molecule has 0 unspecified atom stereocenters. The molecule has 0 bridgehead atoms. The third-order valence-electron chi connectivity index (χ3n) is 3.35. The van der Waals surface area contributed by atoms with Gasteiger partial charge in [-0.3, -0.25) is 8.98 Å². The highest BCUT2D eigenvalue weighted by Crippen LogP contribution is 2.36. The molecule has 5 nitrogen and oxygen atoms in total. The number of Topliss-reactive ketones (excluding diaryl/α,β-unsaturated/α-hetero) is 1. The highest BCUT2D eigenvalue weighted by Gasteiger charge is 2.41. The van der Waals surface area contributed by atoms with Crippen LogP contribution in [0, 0.1) is 0 Å². The first-order chi connectivity index (χ1) is 10.5. The standard InChI is InChI=1S/C16H14O5S/c1-22(18,19)21-16-14(17)12-9-5-6-10-13(12)20-15(16)11-7-3-2-4-8-11/h2-10,15-16H,1H3/t15-,16+/m1/s1. The normalized spacial score (nSPS) is 21.0. The Morgan fingerprint density at radius 3 is 2.32 bits per heavy atom. The summed E-state index contributed by atoms with van der Waals surface area (Å²) in [6, 6.07) is 15.7. The van der Waals surface area contributed by atoms with Gasteiger partial charge in [0.25, 0.3) is 10.1 Å². The summed E-state index contributed by atoms with van der Waals surface area (Å²) in [4.78, 5) is 12.6. The second-order valence-corrected chi connectivity index (χ2v) is 6.63. The molecule has 0 saturated heterocycles. The molecular weight excluding hydrogens is 304 g/mol. The van der Waals surface area contributed by atoms with E-state index in [-0.39, 0.29) is 0 Å². The molecule has 0 radical (unpaired) electrons. The van der Waals surface area contributed by atoms with Crippen LogP contribution in [0.1, 0.15) is 22.0 Å². The van der Waals surface area contributed by atoms with E-state index in [1.165, 1.54) is 0 Å². The van der Waals surface area contributed by atoms with Crippen molar-refractivity contribution in [2.75, 3.05) is 6.26 Å². The molecule has 0 N–H and O–H groups in total. The zero-order chi connectivity index (χ0) is 15.7. The van der Waals surface area contributed by atoms with Gasteiger partial charge in [0.1, 0.15) is 5.75 Å². The van der Waals surface area contributed by atoms with Crippen LogP contribution < -0.4 is 4.74 Å². The maximum atomic E-state index is 12.6. The van der Waals surface area contributed by atoms with Crippen molar-refractivity contribution in [3.05, 3.63) is 65.7 Å². The van der Waals surface area contributed by atoms with Gasteiger partial charge in [-0.2, -0.15) is 8.42 Å². The zero-order valence-electron chi connectivity index (χ0n) is 11.8. The number of hydrogen-bond donors (Lipinski definition) is 0. The van der Waals surface area contributed by atoms with E-state index in [0.29, 0.717) is 16.9 Å². The van der Waals surface area contributed by atoms with E-state index in [4.69, 9.17) is 8.92 Å². The Hall–Kier alpha value is -2.18. The van der Waals surface area contributed by atoms with Crippen LogP contribution >= 0.6 is 0 Å². The van der Waals surface area contributed by atoms with E-state index >= 15 is 0 Å². The van der Waals surface area contributed by atoms with Crippen LogP contribution in [0.25, 0.3) is 0 Å². The summed E-state index contributed by atoms with van der Waals surface area (Å²) in [5, 5.41) is 0. The van der Waals surface area contributed by atoms with Gasteiger partial charge in [-0.15, -0.1) is 0 Å². The van der Waals surface area contributed by atoms with Crippen LogP contribution in [-0.4, -0.2) is 26.6 Å². The van der Waals surface area contributed by atoms with Crippen molar-refractivity contribution in [2.24, 2.45) is 0 Å². The molecular formula is C16H14O5S. The molecule has 0 aromatic heterocycles. The zero-order valence-corrected chi connectivity index (χ0v) is 12.6. The Kier molecular flexibility index (Phi) is 3.72. The fourth-order valence-corrected chi connectivity index (χ4v) is 3.00. The largest absolute Gasteiger partial charge is 0.482 e. The maximum Gasteiger partial charge on any atom is 0.265 e. The summed E-state index contributed by atoms with van der Waals surface area (Å²) in [6.45, 7) is 0. The quantitative estimate of drug-likeness (QED) is 0.813. The van der Waals surface area contributed by atoms with E-state index in [2.05, 4.69) is 0 Å². The topological polar surface area (TPSA) is 69.7 Å². The van der Waals surface area contributed by atoms with Crippen molar-refractivity contribution in [1.82, 2.24) is 0 Å². The summed E-state index contributed by atoms with van der Waals surface area (Å²) in [6.07, 6.45) is -1.12. The number of hydrogen-bond acceptors (Lipinski definition) is 5. The minimum atomic E-state index is -3.80. The lowest BCUT2D eigenvalue weighted by molar-refractivity contribution is 0.0347. The number of benzene rings is 2. The van der Waals surface area contributed by atoms with Crippen LogP contribution in [0.4, 0.5) is 0 Å². The average molecular weight is 318 g/mol. The number of ether oxygens (including phenoxy) is 1. The molecule has 2 atom stereocenters. The first-order valence-electron chi connectivity index (χ1n) is 6.69. The molecule has 2 aromatic rings. The van der Waals surface area contributed by atoms with Crippen LogP contribution in [0.2, 0.25) is 0 Å². The Morgan fingerprint density at radius 2 is 1.64 bits per heavy atom. The van der Waals surface area contributed by atoms with Gasteiger partial charge in [0.2, 0.25) is 5.78 Å². The van der Waals surface area contributed by atoms with Gasteiger partial charge in [-0.05, 0) is 17.7 Å². The minimum absolute atomic E-state index is 0.323. The van der Waals surface area contributed by atoms with Crippen molar-refractivity contribution in [2.45, 2.75) is 12.2 Å². The number of carbonyl (C=O) groups is 1. The predicted octanol–water partition coefficient (Wildman–Crippen LogP) is 2.35. The number of fused-ring (bicyclic) bond motifs is 1. The molecule has 0 amide bonds. The number of rotatable bonds is 3. The van der Waals surface area contributed by atoms with Crippen molar-refractivity contribution >= 4 is 15.9 Å². The van der Waals surface area contributed by atoms with Crippen molar-refractivity contribution < 1.29 is 22.1 Å². The van der Waals surface area contributed by atoms with Crippen LogP contribution in [0.3, 0.4) is 0 Å². The fraction of sp³-hybridized carbons (Fsp3) is 0.188. The molecule has 1 aliphatic heterocycles. The third kappa shape index (κ3) is 2.88. The summed E-state index contributed by atoms with van der Waals surface area (Å²) in [7, 11) is -3.80. The van der Waals surface area contributed by atoms with Gasteiger partial charge in [-0.1, -0.05) is 42.5 Å². The average Bonchev–Trinajstić information content (AvgIpc) is 2.50. The molecule has 6 heteroatoms. The SMILES string of the molecule is CS(=O)(=O)O[C@H]1C(=O)c2ccccc2O[C@@H]1c1ccccc1. The van der Waals surface area contributed by atoms with Gasteiger partial charge < -0.3 is 4.74 Å². The highest BCUT2D eigenvalue weighted by atomic mass is 32.2. The molecule has 1 heterocycles. The van der Waals surface area contributed by atoms with Crippen LogP contribution in [0.5, 0.6) is 5.75 Å². The number of ketones is 1. The summed E-state index contributed by atoms with van der Waals surface area (Å²) >= 11 is 0. The lowest BCUT2D eigenvalue weighted by atomic mass is 9.94. The fourth-order valence-electron chi connectivity index (χ4n) is 2.43. The van der Waals surface area contributed by atoms with Crippen molar-refractivity contribution in [3.8, 4) is 5.75 Å². The summed E-state index contributed by atoms with van der Waals surface area (Å²) in [5.74, 6) is 0.0239. The second kappa shape index (κ2) is 5.55. The van der Waals surface area contributed by atoms with Crippen LogP contribution in [0.15, 0.2) is 54.6 Å². The van der Waals surface area contributed by atoms with E-state index in [0.717, 1.165) is 6.26 Å². The molecule has 0 aliphatic carbocycles. The molecule has 0 fully saturated rings. The first-order valence-corrected chi connectivity index (χ1v) is 8.50. The third-order valence-corrected chi connectivity index (χ3v) is 3.90. The first kappa shape index (κ1) is 14.7. The Bertz CT molecular complexity index is 798. The molecule has 2 aromatic carbocycles. The van der Waals surface area contributed by atoms with E-state index < -0.39 is 28.1 Å². The minimum Gasteiger partial charge on any atom is -0.482 e. The van der Waals surface area contributed by atoms with E-state index in [9.17, 15) is 13.2 Å². The predicted molar refractivity (Wildman–Crippen MR) is 80.3 cm³/mol.